The van der Waals surface area contributed by atoms with Crippen LogP contribution in [0.2, 0.25) is 0 Å². The second-order valence-corrected chi connectivity index (χ2v) is 15.7. The largest absolute Gasteiger partial charge is 0.550 e. The summed E-state index contributed by atoms with van der Waals surface area (Å²) in [5.74, 6) is -15.7. The highest BCUT2D eigenvalue weighted by atomic mass is 16.4. The number of nitrogens with one attached hydrogen (secondary N) is 7. The summed E-state index contributed by atoms with van der Waals surface area (Å²) in [5.41, 5.74) is 6.29. The lowest BCUT2D eigenvalue weighted by Crippen LogP contribution is -2.51. The third-order valence-electron chi connectivity index (χ3n) is 10.7. The van der Waals surface area contributed by atoms with Crippen molar-refractivity contribution in [3.8, 4) is 0 Å². The molecule has 374 valence electrons. The smallest absolute Gasteiger partial charge is 0.278 e. The molecule has 1 fully saturated rings. The summed E-state index contributed by atoms with van der Waals surface area (Å²) in [7, 11) is 0. The van der Waals surface area contributed by atoms with Crippen LogP contribution in [0.5, 0.6) is 0 Å². The van der Waals surface area contributed by atoms with E-state index >= 15 is 0 Å². The molecule has 1 aromatic heterocycles. The molecule has 29 nitrogen and oxygen atoms in total. The summed E-state index contributed by atoms with van der Waals surface area (Å²) < 4.78 is 0. The van der Waals surface area contributed by atoms with Crippen molar-refractivity contribution in [3.63, 3.8) is 0 Å². The molecule has 6 atom stereocenters. The van der Waals surface area contributed by atoms with Crippen LogP contribution in [0.15, 0.2) is 29.1 Å². The Hall–Kier alpha value is -8.53. The molecule has 2 aliphatic heterocycles. The molecular formula is C40H45N11O18-6. The number of H-pyrrole nitrogens is 1. The van der Waals surface area contributed by atoms with Gasteiger partial charge in [0.1, 0.15) is 5.69 Å². The average Bonchev–Trinajstić information content (AvgIpc) is 3.71. The molecule has 0 aliphatic carbocycles. The van der Waals surface area contributed by atoms with Gasteiger partial charge in [0.15, 0.2) is 5.82 Å². The van der Waals surface area contributed by atoms with E-state index in [0.29, 0.717) is 37.0 Å². The van der Waals surface area contributed by atoms with Gasteiger partial charge in [-0.15, -0.1) is 0 Å². The second kappa shape index (κ2) is 24.3. The Morgan fingerprint density at radius 3 is 1.39 bits per heavy atom. The van der Waals surface area contributed by atoms with Crippen LogP contribution in [0.1, 0.15) is 74.6 Å². The Labute approximate surface area is 389 Å². The number of carbonyl (C=O) groups excluding carboxylic acids is 11. The Morgan fingerprint density at radius 1 is 0.609 bits per heavy atom. The predicted octanol–water partition coefficient (Wildman–Crippen LogP) is -11.1. The van der Waals surface area contributed by atoms with Crippen molar-refractivity contribution in [3.05, 3.63) is 40.2 Å². The molecule has 3 heterocycles. The van der Waals surface area contributed by atoms with Gasteiger partial charge in [-0.25, -0.2) is 0 Å². The highest BCUT2D eigenvalue weighted by molar-refractivity contribution is 5.97. The normalized spacial score (nSPS) is 15.8. The number of aromatic nitrogens is 2. The van der Waals surface area contributed by atoms with E-state index in [9.17, 15) is 88.2 Å². The van der Waals surface area contributed by atoms with Crippen LogP contribution in [0, 0.1) is 0 Å². The monoisotopic (exact) mass is 967 g/mol. The zero-order valence-corrected chi connectivity index (χ0v) is 36.2. The molecule has 2 aromatic rings. The van der Waals surface area contributed by atoms with Crippen molar-refractivity contribution in [2.24, 2.45) is 0 Å². The Kier molecular flexibility index (Phi) is 18.7. The van der Waals surface area contributed by atoms with Crippen LogP contribution in [0.4, 0.5) is 23.1 Å². The molecule has 1 saturated heterocycles. The summed E-state index contributed by atoms with van der Waals surface area (Å²) in [6.07, 6.45) is -6.82. The fourth-order valence-electron chi connectivity index (χ4n) is 7.15. The van der Waals surface area contributed by atoms with Crippen LogP contribution < -0.4 is 83.6 Å². The highest BCUT2D eigenvalue weighted by Gasteiger charge is 2.37. The van der Waals surface area contributed by atoms with Gasteiger partial charge in [-0.05, 0) is 62.8 Å². The van der Waals surface area contributed by atoms with Crippen LogP contribution in [0.3, 0.4) is 0 Å². The first-order valence-corrected chi connectivity index (χ1v) is 21.0. The first-order valence-electron chi connectivity index (χ1n) is 21.0. The maximum Gasteiger partial charge on any atom is 0.278 e. The van der Waals surface area contributed by atoms with E-state index in [2.05, 4.69) is 20.6 Å². The molecular weight excluding hydrogens is 922 g/mol. The summed E-state index contributed by atoms with van der Waals surface area (Å²) >= 11 is 0. The average molecular weight is 968 g/mol. The molecule has 0 saturated carbocycles. The first kappa shape index (κ1) is 53.1. The van der Waals surface area contributed by atoms with Crippen LogP contribution in [-0.2, 0) is 47.9 Å². The highest BCUT2D eigenvalue weighted by Crippen LogP contribution is 2.32. The van der Waals surface area contributed by atoms with Crippen LogP contribution in [-0.4, -0.2) is 131 Å². The molecule has 5 amide bonds. The fraction of sp³-hybridized carbons (Fsp3) is 0.475. The first-order chi connectivity index (χ1) is 32.5. The van der Waals surface area contributed by atoms with E-state index in [-0.39, 0.29) is 17.6 Å². The number of fused-ring (bicyclic) bond motifs is 3. The number of nitrogen functional groups attached to an aromatic ring is 1. The van der Waals surface area contributed by atoms with Gasteiger partial charge < -0.3 is 107 Å². The molecule has 29 heteroatoms. The SMILES string of the molecule is Nc1nc2c(c(=O)[nH]1)N1CN(c3ccc(C(=O)N[C@@H](CCC(=O)N[C@@H](CCC(=O)N[C@@H](CCC(=O)N[C@@H](CCC(=O)N[C@@H](CCC(=O)[O-])C(=O)[O-])C(=O)[O-])C(=O)[O-])C(=O)[O-])C(=O)[O-])cc3)C[C@H]1CN2. The summed E-state index contributed by atoms with van der Waals surface area (Å²) in [6, 6.07) is -3.11. The van der Waals surface area contributed by atoms with Gasteiger partial charge in [0.05, 0.1) is 72.8 Å². The number of rotatable bonds is 27. The molecule has 0 radical (unpaired) electrons. The zero-order valence-electron chi connectivity index (χ0n) is 36.2. The standard InChI is InChI=1S/C40H51N11O18/c41-40-48-32-31(34(59)49-40)51-17-50(16-20(51)15-42-32)19-3-1-18(2-4-19)33(58)47-25(39(68)69)8-13-29(55)45-23(37(64)65)6-11-27(53)43-21(35(60)61)5-10-26(52)44-22(36(62)63)7-12-28(54)46-24(38(66)67)9-14-30(56)57/h1-4,20-25H,5-17H2,(H,43,53)(H,44,52)(H,45,55)(H,46,54)(H,47,58)(H,56,57)(H,60,61)(H,62,63)(H,64,65)(H,66,67)(H,68,69)(H4,41,42,48,49,59)/p-6/t20-,21+,22+,23+,24+,25+/m1/s1. The van der Waals surface area contributed by atoms with Gasteiger partial charge in [-0.3, -0.25) is 33.8 Å². The van der Waals surface area contributed by atoms with Crippen LogP contribution in [0.25, 0.3) is 0 Å². The minimum atomic E-state index is -1.91. The predicted molar refractivity (Wildman–Crippen MR) is 218 cm³/mol. The summed E-state index contributed by atoms with van der Waals surface area (Å²) in [6.45, 7) is 1.28. The summed E-state index contributed by atoms with van der Waals surface area (Å²) in [5, 5.41) is 81.9. The van der Waals surface area contributed by atoms with Crippen LogP contribution >= 0.6 is 0 Å². The Balaban J connectivity index is 1.20. The number of anilines is 4. The maximum absolute atomic E-state index is 13.0. The van der Waals surface area contributed by atoms with E-state index in [0.717, 1.165) is 0 Å². The van der Waals surface area contributed by atoms with Gasteiger partial charge in [-0.1, -0.05) is 0 Å². The summed E-state index contributed by atoms with van der Waals surface area (Å²) in [4.78, 5) is 155. The number of nitrogens with zero attached hydrogens (tertiary/aromatic N) is 3. The van der Waals surface area contributed by atoms with Crippen molar-refractivity contribution in [2.45, 2.75) is 100 Å². The number of aromatic amines is 1. The number of carboxylic acid groups (broad SMARTS) is 6. The molecule has 0 spiro atoms. The number of aliphatic carboxylic acids is 6. The topological polar surface area (TPSA) is 477 Å². The number of benzene rings is 1. The van der Waals surface area contributed by atoms with Crippen molar-refractivity contribution < 1.29 is 83.4 Å². The second-order valence-electron chi connectivity index (χ2n) is 15.7. The third-order valence-corrected chi connectivity index (χ3v) is 10.7. The lowest BCUT2D eigenvalue weighted by atomic mass is 10.1. The third kappa shape index (κ3) is 15.8. The Morgan fingerprint density at radius 2 is 1.00 bits per heavy atom. The molecule has 4 rings (SSSR count). The van der Waals surface area contributed by atoms with Gasteiger partial charge >= 0.3 is 0 Å². The molecule has 1 aromatic carbocycles. The van der Waals surface area contributed by atoms with Gasteiger partial charge in [0.25, 0.3) is 11.5 Å². The van der Waals surface area contributed by atoms with Gasteiger partial charge in [0, 0.05) is 56.0 Å². The fourth-order valence-corrected chi connectivity index (χ4v) is 7.15. The van der Waals surface area contributed by atoms with E-state index in [1.165, 1.54) is 12.1 Å². The molecule has 9 N–H and O–H groups in total. The van der Waals surface area contributed by atoms with E-state index in [4.69, 9.17) is 5.73 Å². The maximum atomic E-state index is 13.0. The van der Waals surface area contributed by atoms with Crippen molar-refractivity contribution in [2.75, 3.05) is 40.6 Å². The van der Waals surface area contributed by atoms with Crippen molar-refractivity contribution >= 4 is 88.5 Å². The molecule has 0 unspecified atom stereocenters. The number of nitrogens with two attached hydrogens (primary N) is 1. The minimum Gasteiger partial charge on any atom is -0.550 e. The quantitative estimate of drug-likeness (QED) is 0.0412. The molecule has 2 aliphatic rings. The van der Waals surface area contributed by atoms with E-state index in [1.807, 2.05) is 31.1 Å². The lowest BCUT2D eigenvalue weighted by molar-refractivity contribution is -0.311. The van der Waals surface area contributed by atoms with Gasteiger partial charge in [-0.2, -0.15) is 4.98 Å². The number of carboxylic acids is 6. The number of carbonyl (C=O) groups is 11. The van der Waals surface area contributed by atoms with E-state index in [1.54, 1.807) is 12.1 Å². The van der Waals surface area contributed by atoms with Gasteiger partial charge in [0.2, 0.25) is 29.6 Å². The zero-order chi connectivity index (χ0) is 51.1. The minimum absolute atomic E-state index is 0.0367. The molecule has 69 heavy (non-hydrogen) atoms. The molecule has 0 bridgehead atoms. The number of hydrogen-bond acceptors (Lipinski definition) is 23. The van der Waals surface area contributed by atoms with Crippen molar-refractivity contribution in [1.29, 1.82) is 0 Å². The van der Waals surface area contributed by atoms with E-state index < -0.39 is 165 Å². The number of amides is 5. The van der Waals surface area contributed by atoms with Crippen molar-refractivity contribution in [1.82, 2.24) is 36.6 Å². The Bertz CT molecular complexity index is 2380. The number of hydrogen-bond donors (Lipinski definition) is 8. The lowest BCUT2D eigenvalue weighted by Gasteiger charge is -2.31.